The third-order valence-corrected chi connectivity index (χ3v) is 7.93. The van der Waals surface area contributed by atoms with Gasteiger partial charge in [-0.15, -0.1) is 0 Å². The number of hydrogen-bond acceptors (Lipinski definition) is 3. The lowest BCUT2D eigenvalue weighted by atomic mass is 10.1. The summed E-state index contributed by atoms with van der Waals surface area (Å²) in [5, 5.41) is 3.22. The van der Waals surface area contributed by atoms with Gasteiger partial charge in [-0.3, -0.25) is 0 Å². The van der Waals surface area contributed by atoms with Crippen LogP contribution in [0.5, 0.6) is 0 Å². The minimum Gasteiger partial charge on any atom is -0.313 e. The van der Waals surface area contributed by atoms with Crippen LogP contribution in [0.4, 0.5) is 8.78 Å². The molecule has 0 unspecified atom stereocenters. The van der Waals surface area contributed by atoms with Crippen molar-refractivity contribution < 1.29 is 17.2 Å². The van der Waals surface area contributed by atoms with Crippen LogP contribution in [-0.4, -0.2) is 31.4 Å². The number of sulfonamides is 1. The Labute approximate surface area is 174 Å². The molecule has 0 aliphatic carbocycles. The maximum absolute atomic E-state index is 14.2. The Morgan fingerprint density at radius 3 is 2.59 bits per heavy atom. The summed E-state index contributed by atoms with van der Waals surface area (Å²) < 4.78 is 57.0. The van der Waals surface area contributed by atoms with E-state index in [0.717, 1.165) is 18.2 Å². The van der Waals surface area contributed by atoms with Crippen LogP contribution in [-0.2, 0) is 16.6 Å². The summed E-state index contributed by atoms with van der Waals surface area (Å²) in [4.78, 5) is 0.0771. The Balaban J connectivity index is 2.06. The van der Waals surface area contributed by atoms with Crippen LogP contribution in [0.1, 0.15) is 18.9 Å². The Morgan fingerprint density at radius 1 is 1.19 bits per heavy atom. The molecule has 4 nitrogen and oxygen atoms in total. The van der Waals surface area contributed by atoms with Crippen molar-refractivity contribution in [1.29, 1.82) is 0 Å². The third kappa shape index (κ3) is 4.59. The van der Waals surface area contributed by atoms with E-state index < -0.39 is 21.7 Å². The molecule has 0 bridgehead atoms. The van der Waals surface area contributed by atoms with Crippen molar-refractivity contribution in [3.8, 4) is 0 Å². The van der Waals surface area contributed by atoms with Gasteiger partial charge in [0, 0.05) is 39.7 Å². The first-order valence-corrected chi connectivity index (χ1v) is 11.4. The standard InChI is InChI=1S/C18H18Br2F2N2O2S/c1-11-6-15(9-23-11)24(10-12-7-14(21)3-5-17(12)22)27(25,26)18-8-13(19)2-4-16(18)20/h2-5,7-8,11,15,23H,6,9-10H2,1H3/t11-,15+/m0/s1. The molecule has 1 N–H and O–H groups in total. The van der Waals surface area contributed by atoms with Crippen molar-refractivity contribution in [3.63, 3.8) is 0 Å². The highest BCUT2D eigenvalue weighted by molar-refractivity contribution is 9.11. The van der Waals surface area contributed by atoms with E-state index in [4.69, 9.17) is 0 Å². The molecule has 9 heteroatoms. The highest BCUT2D eigenvalue weighted by Crippen LogP contribution is 2.32. The molecule has 2 aromatic rings. The van der Waals surface area contributed by atoms with Crippen LogP contribution < -0.4 is 5.32 Å². The maximum Gasteiger partial charge on any atom is 0.244 e. The fourth-order valence-corrected chi connectivity index (χ4v) is 6.25. The molecule has 0 amide bonds. The van der Waals surface area contributed by atoms with Gasteiger partial charge in [0.15, 0.2) is 0 Å². The minimum absolute atomic E-state index is 0.00393. The minimum atomic E-state index is -3.96. The second kappa shape index (κ2) is 8.24. The molecule has 0 radical (unpaired) electrons. The molecule has 27 heavy (non-hydrogen) atoms. The second-order valence-electron chi connectivity index (χ2n) is 6.56. The summed E-state index contributed by atoms with van der Waals surface area (Å²) in [5.41, 5.74) is 0.00393. The number of rotatable bonds is 5. The van der Waals surface area contributed by atoms with E-state index in [-0.39, 0.29) is 29.1 Å². The highest BCUT2D eigenvalue weighted by Gasteiger charge is 2.37. The summed E-state index contributed by atoms with van der Waals surface area (Å²) in [6, 6.07) is 7.70. The van der Waals surface area contributed by atoms with Gasteiger partial charge in [-0.1, -0.05) is 15.9 Å². The van der Waals surface area contributed by atoms with E-state index >= 15 is 0 Å². The Kier molecular flexibility index (Phi) is 6.37. The quantitative estimate of drug-likeness (QED) is 0.630. The van der Waals surface area contributed by atoms with Crippen LogP contribution in [0.15, 0.2) is 50.2 Å². The largest absolute Gasteiger partial charge is 0.313 e. The Bertz CT molecular complexity index is 956. The second-order valence-corrected chi connectivity index (χ2v) is 10.2. The van der Waals surface area contributed by atoms with Gasteiger partial charge in [0.2, 0.25) is 10.0 Å². The van der Waals surface area contributed by atoms with E-state index in [1.165, 1.54) is 10.4 Å². The monoisotopic (exact) mass is 522 g/mol. The van der Waals surface area contributed by atoms with Crippen molar-refractivity contribution in [3.05, 3.63) is 62.5 Å². The van der Waals surface area contributed by atoms with Gasteiger partial charge in [-0.2, -0.15) is 4.31 Å². The third-order valence-electron chi connectivity index (χ3n) is 4.55. The van der Waals surface area contributed by atoms with Gasteiger partial charge in [0.05, 0.1) is 4.90 Å². The number of halogens is 4. The topological polar surface area (TPSA) is 49.4 Å². The molecule has 0 saturated carbocycles. The Morgan fingerprint density at radius 2 is 1.93 bits per heavy atom. The molecule has 1 aliphatic heterocycles. The highest BCUT2D eigenvalue weighted by atomic mass is 79.9. The number of benzene rings is 2. The lowest BCUT2D eigenvalue weighted by Crippen LogP contribution is -2.41. The smallest absolute Gasteiger partial charge is 0.244 e. The van der Waals surface area contributed by atoms with Crippen molar-refractivity contribution in [1.82, 2.24) is 9.62 Å². The number of nitrogens with one attached hydrogen (secondary N) is 1. The fourth-order valence-electron chi connectivity index (χ4n) is 3.18. The lowest BCUT2D eigenvalue weighted by molar-refractivity contribution is 0.321. The average molecular weight is 524 g/mol. The van der Waals surface area contributed by atoms with E-state index in [1.54, 1.807) is 12.1 Å². The van der Waals surface area contributed by atoms with Crippen molar-refractivity contribution in [2.45, 2.75) is 36.9 Å². The first kappa shape index (κ1) is 20.9. The number of hydrogen-bond donors (Lipinski definition) is 1. The van der Waals surface area contributed by atoms with Crippen molar-refractivity contribution in [2.24, 2.45) is 0 Å². The van der Waals surface area contributed by atoms with Gasteiger partial charge in [-0.05, 0) is 65.7 Å². The molecule has 0 spiro atoms. The predicted octanol–water partition coefficient (Wildman–Crippen LogP) is 4.43. The van der Waals surface area contributed by atoms with Crippen LogP contribution >= 0.6 is 31.9 Å². The number of nitrogens with zero attached hydrogens (tertiary/aromatic N) is 1. The molecule has 2 aromatic carbocycles. The zero-order valence-corrected chi connectivity index (χ0v) is 18.4. The SMILES string of the molecule is C[C@H]1C[C@@H](N(Cc2cc(F)ccc2F)S(=O)(=O)c2cc(Br)ccc2Br)CN1. The summed E-state index contributed by atoms with van der Waals surface area (Å²) in [6.07, 6.45) is 0.585. The lowest BCUT2D eigenvalue weighted by Gasteiger charge is -2.28. The molecular weight excluding hydrogens is 506 g/mol. The molecule has 1 fully saturated rings. The van der Waals surface area contributed by atoms with Crippen molar-refractivity contribution in [2.75, 3.05) is 6.54 Å². The zero-order chi connectivity index (χ0) is 19.8. The molecular formula is C18H18Br2F2N2O2S. The summed E-state index contributed by atoms with van der Waals surface area (Å²) in [6.45, 7) is 2.16. The molecule has 1 heterocycles. The predicted molar refractivity (Wildman–Crippen MR) is 107 cm³/mol. The van der Waals surface area contributed by atoms with E-state index in [1.807, 2.05) is 6.92 Å². The van der Waals surface area contributed by atoms with E-state index in [2.05, 4.69) is 37.2 Å². The molecule has 1 saturated heterocycles. The van der Waals surface area contributed by atoms with Crippen LogP contribution in [0.2, 0.25) is 0 Å². The normalized spacial score (nSPS) is 20.4. The van der Waals surface area contributed by atoms with Crippen molar-refractivity contribution >= 4 is 41.9 Å². The molecule has 2 atom stereocenters. The van der Waals surface area contributed by atoms with Gasteiger partial charge < -0.3 is 5.32 Å². The van der Waals surface area contributed by atoms with Gasteiger partial charge in [0.1, 0.15) is 11.6 Å². The van der Waals surface area contributed by atoms with Crippen LogP contribution in [0.3, 0.4) is 0 Å². The Hall–Kier alpha value is -0.870. The molecule has 146 valence electrons. The van der Waals surface area contributed by atoms with Gasteiger partial charge in [0.25, 0.3) is 0 Å². The van der Waals surface area contributed by atoms with E-state index in [0.29, 0.717) is 21.9 Å². The van der Waals surface area contributed by atoms with Gasteiger partial charge in [-0.25, -0.2) is 17.2 Å². The molecule has 3 rings (SSSR count). The van der Waals surface area contributed by atoms with E-state index in [9.17, 15) is 17.2 Å². The summed E-state index contributed by atoms with van der Waals surface area (Å²) in [5.74, 6) is -1.24. The van der Waals surface area contributed by atoms with Crippen LogP contribution in [0.25, 0.3) is 0 Å². The average Bonchev–Trinajstić information content (AvgIpc) is 3.03. The fraction of sp³-hybridized carbons (Fsp3) is 0.333. The molecule has 0 aromatic heterocycles. The first-order chi connectivity index (χ1) is 12.7. The zero-order valence-electron chi connectivity index (χ0n) is 14.4. The maximum atomic E-state index is 14.2. The van der Waals surface area contributed by atoms with Crippen LogP contribution in [0, 0.1) is 11.6 Å². The van der Waals surface area contributed by atoms with Gasteiger partial charge >= 0.3 is 0 Å². The molecule has 1 aliphatic rings. The first-order valence-electron chi connectivity index (χ1n) is 8.32. The summed E-state index contributed by atoms with van der Waals surface area (Å²) >= 11 is 6.58. The summed E-state index contributed by atoms with van der Waals surface area (Å²) in [7, 11) is -3.96.